The number of hydrogen-bond acceptors (Lipinski definition) is 11. The number of hydrogen-bond donors (Lipinski definition) is 2. The number of nitriles is 1. The van der Waals surface area contributed by atoms with Crippen LogP contribution in [0.5, 0.6) is 5.75 Å². The summed E-state index contributed by atoms with van der Waals surface area (Å²) in [5.74, 6) is -8.44. The number of benzene rings is 3. The minimum absolute atomic E-state index is 0.0484. The number of nitrogens with zero attached hydrogens (tertiary/aromatic N) is 6. The highest BCUT2D eigenvalue weighted by Crippen LogP contribution is 2.43. The molecular formula is C53H53F7N8O6S2. The van der Waals surface area contributed by atoms with E-state index < -0.39 is 110 Å². The number of amides is 4. The van der Waals surface area contributed by atoms with Gasteiger partial charge in [0.1, 0.15) is 35.5 Å². The highest BCUT2D eigenvalue weighted by atomic mass is 32.1. The molecule has 76 heavy (non-hydrogen) atoms. The summed E-state index contributed by atoms with van der Waals surface area (Å²) in [4.78, 5) is 66.8. The van der Waals surface area contributed by atoms with Crippen LogP contribution in [0.4, 0.5) is 42.1 Å². The molecule has 402 valence electrons. The Morgan fingerprint density at radius 2 is 1.62 bits per heavy atom. The molecule has 2 saturated heterocycles. The van der Waals surface area contributed by atoms with Gasteiger partial charge < -0.3 is 29.9 Å². The Morgan fingerprint density at radius 1 is 0.947 bits per heavy atom. The summed E-state index contributed by atoms with van der Waals surface area (Å²) in [6.45, 7) is 11.6. The van der Waals surface area contributed by atoms with E-state index in [4.69, 9.17) is 27.0 Å². The molecule has 14 nitrogen and oxygen atoms in total. The van der Waals surface area contributed by atoms with E-state index in [0.717, 1.165) is 57.1 Å². The molecular weight excluding hydrogens is 1040 g/mol. The molecule has 3 aromatic carbocycles. The SMILES string of the molecule is Cc1ncsc1-c1ccc(C(C)NC(=O)C2CCCN2C(=O)C(NC(=O)COCCCCOc2c(F)cc(-c3ncc(N4C(=S)N(c5ccc(C#N)c(C(F)(F)F)c5F)C(=O)C4(C)C)cc3F)cc2F)C(C)(C)C)cc1. The van der Waals surface area contributed by atoms with Crippen LogP contribution in [-0.4, -0.2) is 87.6 Å². The molecule has 0 aliphatic carbocycles. The van der Waals surface area contributed by atoms with E-state index in [1.807, 2.05) is 38.1 Å². The summed E-state index contributed by atoms with van der Waals surface area (Å²) in [6.07, 6.45) is -2.69. The molecule has 2 aromatic heterocycles. The Labute approximate surface area is 443 Å². The first kappa shape index (κ1) is 56.7. The molecule has 2 fully saturated rings. The second-order valence-electron chi connectivity index (χ2n) is 19.8. The van der Waals surface area contributed by atoms with Crippen LogP contribution in [0.1, 0.15) is 95.7 Å². The predicted octanol–water partition coefficient (Wildman–Crippen LogP) is 10.1. The van der Waals surface area contributed by atoms with Crippen molar-refractivity contribution in [3.8, 4) is 33.5 Å². The number of likely N-dealkylation sites (tertiary alicyclic amines) is 1. The number of anilines is 2. The second kappa shape index (κ2) is 22.7. The zero-order chi connectivity index (χ0) is 55.6. The van der Waals surface area contributed by atoms with Crippen molar-refractivity contribution < 1.29 is 59.4 Å². The summed E-state index contributed by atoms with van der Waals surface area (Å²) in [5.41, 5.74) is -2.70. The number of thiocarbonyl (C=S) groups is 1. The van der Waals surface area contributed by atoms with Gasteiger partial charge in [0.15, 0.2) is 34.1 Å². The fraction of sp³-hybridized carbons (Fsp3) is 0.396. The molecule has 2 aliphatic rings. The van der Waals surface area contributed by atoms with Gasteiger partial charge >= 0.3 is 6.18 Å². The van der Waals surface area contributed by atoms with E-state index in [0.29, 0.717) is 36.8 Å². The highest BCUT2D eigenvalue weighted by Gasteiger charge is 2.52. The lowest BCUT2D eigenvalue weighted by Crippen LogP contribution is -2.58. The molecule has 7 rings (SSSR count). The number of aryl methyl sites for hydroxylation is 1. The van der Waals surface area contributed by atoms with Crippen LogP contribution in [-0.2, 0) is 30.1 Å². The van der Waals surface area contributed by atoms with Gasteiger partial charge in [-0.3, -0.25) is 29.1 Å². The molecule has 5 aromatic rings. The van der Waals surface area contributed by atoms with Gasteiger partial charge in [-0.05, 0) is 106 Å². The molecule has 3 unspecified atom stereocenters. The number of carbonyl (C=O) groups is 4. The van der Waals surface area contributed by atoms with Crippen molar-refractivity contribution in [1.29, 1.82) is 5.26 Å². The predicted molar refractivity (Wildman–Crippen MR) is 273 cm³/mol. The third kappa shape index (κ3) is 11.8. The zero-order valence-electron chi connectivity index (χ0n) is 42.3. The third-order valence-electron chi connectivity index (χ3n) is 13.0. The quantitative estimate of drug-likeness (QED) is 0.0516. The number of unbranched alkanes of at least 4 members (excludes halogenated alkanes) is 1. The number of halogens is 7. The van der Waals surface area contributed by atoms with Gasteiger partial charge in [-0.15, -0.1) is 11.3 Å². The number of carbonyl (C=O) groups excluding carboxylic acids is 4. The van der Waals surface area contributed by atoms with E-state index in [-0.39, 0.29) is 42.8 Å². The van der Waals surface area contributed by atoms with Crippen molar-refractivity contribution >= 4 is 63.7 Å². The number of alkyl halides is 3. The van der Waals surface area contributed by atoms with Crippen molar-refractivity contribution in [3.63, 3.8) is 0 Å². The fourth-order valence-electron chi connectivity index (χ4n) is 9.01. The molecule has 4 amide bonds. The summed E-state index contributed by atoms with van der Waals surface area (Å²) < 4.78 is 114. The minimum atomic E-state index is -5.30. The smallest absolute Gasteiger partial charge is 0.420 e. The molecule has 23 heteroatoms. The van der Waals surface area contributed by atoms with Crippen molar-refractivity contribution in [2.24, 2.45) is 5.41 Å². The van der Waals surface area contributed by atoms with Gasteiger partial charge in [-0.2, -0.15) is 18.4 Å². The molecule has 0 saturated carbocycles. The van der Waals surface area contributed by atoms with Gasteiger partial charge in [0.25, 0.3) is 5.91 Å². The van der Waals surface area contributed by atoms with Gasteiger partial charge in [0, 0.05) is 24.8 Å². The van der Waals surface area contributed by atoms with Crippen LogP contribution < -0.4 is 25.2 Å². The highest BCUT2D eigenvalue weighted by molar-refractivity contribution is 7.81. The second-order valence-corrected chi connectivity index (χ2v) is 21.0. The average molecular weight is 1100 g/mol. The number of nitrogens with one attached hydrogen (secondary N) is 2. The standard InChI is InChI=1S/C53H53F7N8O6S2/c1-28(30-12-14-31(15-13-30)45-29(2)63-27-76-45)64-47(70)39-11-10-18-66(39)48(71)46(51(3,4)5)65-40(69)26-73-19-8-9-20-74-44-36(55)21-33(22-37(44)56)43-35(54)23-34(25-62-43)68-50(75)67(49(72)52(68,6)7)38-17-16-32(24-61)41(42(38)57)53(58,59)60/h12-17,21-23,25,27-28,39,46H,8-11,18-20,26H2,1-7H3,(H,64,70)(H,65,69). The van der Waals surface area contributed by atoms with E-state index in [2.05, 4.69) is 20.6 Å². The first-order valence-electron chi connectivity index (χ1n) is 24.0. The van der Waals surface area contributed by atoms with Gasteiger partial charge in [-0.25, -0.2) is 22.5 Å². The monoisotopic (exact) mass is 1090 g/mol. The topological polar surface area (TPSA) is 170 Å². The number of pyridine rings is 1. The van der Waals surface area contributed by atoms with Crippen LogP contribution >= 0.6 is 23.6 Å². The average Bonchev–Trinajstić information content (AvgIpc) is 4.07. The first-order valence-corrected chi connectivity index (χ1v) is 25.3. The van der Waals surface area contributed by atoms with Crippen LogP contribution in [0.25, 0.3) is 21.7 Å². The summed E-state index contributed by atoms with van der Waals surface area (Å²) in [6, 6.07) is 11.0. The molecule has 2 N–H and O–H groups in total. The number of ether oxygens (including phenoxy) is 2. The van der Waals surface area contributed by atoms with Gasteiger partial charge in [0.2, 0.25) is 17.7 Å². The largest absolute Gasteiger partial charge is 0.488 e. The Balaban J connectivity index is 0.888. The Hall–Kier alpha value is -7.03. The van der Waals surface area contributed by atoms with E-state index in [1.165, 1.54) is 24.8 Å². The fourth-order valence-corrected chi connectivity index (χ4v) is 10.3. The van der Waals surface area contributed by atoms with Crippen LogP contribution in [0.15, 0.2) is 66.3 Å². The minimum Gasteiger partial charge on any atom is -0.488 e. The number of thiazole rings is 1. The summed E-state index contributed by atoms with van der Waals surface area (Å²) >= 11 is 6.95. The Kier molecular flexibility index (Phi) is 16.9. The summed E-state index contributed by atoms with van der Waals surface area (Å²) in [7, 11) is 0. The lowest BCUT2D eigenvalue weighted by Gasteiger charge is -2.35. The molecule has 3 atom stereocenters. The normalized spacial score (nSPS) is 16.4. The van der Waals surface area contributed by atoms with Crippen molar-refractivity contribution in [1.82, 2.24) is 25.5 Å². The third-order valence-corrected chi connectivity index (χ3v) is 14.3. The van der Waals surface area contributed by atoms with Crippen LogP contribution in [0, 0.1) is 46.9 Å². The summed E-state index contributed by atoms with van der Waals surface area (Å²) in [5, 5.41) is 14.5. The van der Waals surface area contributed by atoms with Gasteiger partial charge in [0.05, 0.1) is 57.9 Å². The lowest BCUT2D eigenvalue weighted by atomic mass is 9.85. The van der Waals surface area contributed by atoms with Gasteiger partial charge in [-0.1, -0.05) is 45.0 Å². The van der Waals surface area contributed by atoms with Crippen molar-refractivity contribution in [2.75, 3.05) is 36.2 Å². The number of rotatable bonds is 17. The Bertz CT molecular complexity index is 3080. The zero-order valence-corrected chi connectivity index (χ0v) is 44.0. The lowest BCUT2D eigenvalue weighted by molar-refractivity contribution is -0.144. The van der Waals surface area contributed by atoms with Crippen molar-refractivity contribution in [3.05, 3.63) is 112 Å². The van der Waals surface area contributed by atoms with E-state index >= 15 is 17.6 Å². The van der Waals surface area contributed by atoms with E-state index in [1.54, 1.807) is 37.6 Å². The van der Waals surface area contributed by atoms with E-state index in [9.17, 15) is 32.3 Å². The first-order chi connectivity index (χ1) is 35.8. The Morgan fingerprint density at radius 3 is 2.22 bits per heavy atom. The molecule has 2 aliphatic heterocycles. The molecule has 0 spiro atoms. The molecule has 0 radical (unpaired) electrons. The van der Waals surface area contributed by atoms with Crippen molar-refractivity contribution in [2.45, 2.75) is 104 Å². The maximum absolute atomic E-state index is 15.8. The maximum Gasteiger partial charge on any atom is 0.420 e. The van der Waals surface area contributed by atoms with Crippen LogP contribution in [0.2, 0.25) is 0 Å². The molecule has 0 bridgehead atoms. The molecule has 4 heterocycles. The maximum atomic E-state index is 15.8. The van der Waals surface area contributed by atoms with Crippen LogP contribution in [0.3, 0.4) is 0 Å². The number of aromatic nitrogens is 2.